The van der Waals surface area contributed by atoms with E-state index in [4.69, 9.17) is 0 Å². The molecule has 1 aliphatic rings. The molecule has 1 nitrogen and oxygen atoms in total. The Kier molecular flexibility index (Phi) is 3.39. The summed E-state index contributed by atoms with van der Waals surface area (Å²) in [7, 11) is 0. The standard InChI is InChI=1S/C16H16OS/c17-15-8-13-6-7-16(10-14(13)9-15)18-11-12-4-2-1-3-5-12/h1-7,10,15,17H,8-9,11H2. The highest BCUT2D eigenvalue weighted by Crippen LogP contribution is 2.29. The summed E-state index contributed by atoms with van der Waals surface area (Å²) >= 11 is 1.86. The number of hydrogen-bond acceptors (Lipinski definition) is 2. The first-order chi connectivity index (χ1) is 8.81. The van der Waals surface area contributed by atoms with E-state index in [0.717, 1.165) is 18.6 Å². The summed E-state index contributed by atoms with van der Waals surface area (Å²) in [6.45, 7) is 0. The highest BCUT2D eigenvalue weighted by atomic mass is 32.2. The zero-order valence-electron chi connectivity index (χ0n) is 10.2. The van der Waals surface area contributed by atoms with Gasteiger partial charge >= 0.3 is 0 Å². The van der Waals surface area contributed by atoms with Crippen LogP contribution < -0.4 is 0 Å². The minimum absolute atomic E-state index is 0.172. The van der Waals surface area contributed by atoms with Crippen LogP contribution >= 0.6 is 11.8 Å². The van der Waals surface area contributed by atoms with E-state index in [1.807, 2.05) is 17.8 Å². The second-order valence-electron chi connectivity index (χ2n) is 4.77. The topological polar surface area (TPSA) is 20.2 Å². The first kappa shape index (κ1) is 11.8. The molecule has 0 aliphatic heterocycles. The molecule has 2 aromatic rings. The third kappa shape index (κ3) is 2.60. The Bertz CT molecular complexity index is 536. The number of benzene rings is 2. The Hall–Kier alpha value is -1.25. The molecule has 0 fully saturated rings. The van der Waals surface area contributed by atoms with Crippen LogP contribution in [0.4, 0.5) is 0 Å². The van der Waals surface area contributed by atoms with Crippen molar-refractivity contribution >= 4 is 11.8 Å². The highest BCUT2D eigenvalue weighted by molar-refractivity contribution is 7.98. The third-order valence-corrected chi connectivity index (χ3v) is 4.40. The number of hydrogen-bond donors (Lipinski definition) is 1. The molecule has 0 saturated heterocycles. The Morgan fingerprint density at radius 2 is 1.78 bits per heavy atom. The lowest BCUT2D eigenvalue weighted by Crippen LogP contribution is -2.03. The Morgan fingerprint density at radius 1 is 1.00 bits per heavy atom. The van der Waals surface area contributed by atoms with E-state index < -0.39 is 0 Å². The van der Waals surface area contributed by atoms with E-state index >= 15 is 0 Å². The Balaban J connectivity index is 1.69. The molecular formula is C16H16OS. The van der Waals surface area contributed by atoms with Crippen LogP contribution in [-0.2, 0) is 18.6 Å². The van der Waals surface area contributed by atoms with Gasteiger partial charge in [0.1, 0.15) is 0 Å². The predicted octanol–water partition coefficient (Wildman–Crippen LogP) is 3.44. The minimum Gasteiger partial charge on any atom is -0.392 e. The molecule has 2 aromatic carbocycles. The summed E-state index contributed by atoms with van der Waals surface area (Å²) in [6.07, 6.45) is 1.46. The molecule has 1 aliphatic carbocycles. The maximum Gasteiger partial charge on any atom is 0.0621 e. The molecule has 0 amide bonds. The molecule has 3 rings (SSSR count). The van der Waals surface area contributed by atoms with Gasteiger partial charge in [-0.05, 0) is 41.7 Å². The smallest absolute Gasteiger partial charge is 0.0621 e. The van der Waals surface area contributed by atoms with E-state index in [1.54, 1.807) is 0 Å². The summed E-state index contributed by atoms with van der Waals surface area (Å²) < 4.78 is 0. The van der Waals surface area contributed by atoms with Gasteiger partial charge in [0.2, 0.25) is 0 Å². The molecule has 0 heterocycles. The molecule has 0 saturated carbocycles. The van der Waals surface area contributed by atoms with Crippen LogP contribution in [0.1, 0.15) is 16.7 Å². The largest absolute Gasteiger partial charge is 0.392 e. The average Bonchev–Trinajstić information content (AvgIpc) is 2.77. The van der Waals surface area contributed by atoms with E-state index in [-0.39, 0.29) is 6.10 Å². The lowest BCUT2D eigenvalue weighted by Gasteiger charge is -2.04. The zero-order chi connectivity index (χ0) is 12.4. The van der Waals surface area contributed by atoms with Gasteiger partial charge in [-0.3, -0.25) is 0 Å². The predicted molar refractivity (Wildman–Crippen MR) is 75.9 cm³/mol. The van der Waals surface area contributed by atoms with E-state index in [9.17, 15) is 5.11 Å². The normalized spacial score (nSPS) is 17.7. The number of thioether (sulfide) groups is 1. The van der Waals surface area contributed by atoms with Crippen LogP contribution in [0.2, 0.25) is 0 Å². The number of rotatable bonds is 3. The first-order valence-corrected chi connectivity index (χ1v) is 7.26. The lowest BCUT2D eigenvalue weighted by molar-refractivity contribution is 0.187. The molecule has 18 heavy (non-hydrogen) atoms. The molecule has 1 atom stereocenters. The van der Waals surface area contributed by atoms with Crippen molar-refractivity contribution in [3.05, 3.63) is 65.2 Å². The fourth-order valence-electron chi connectivity index (χ4n) is 2.40. The van der Waals surface area contributed by atoms with Crippen molar-refractivity contribution in [2.24, 2.45) is 0 Å². The fourth-order valence-corrected chi connectivity index (χ4v) is 3.32. The van der Waals surface area contributed by atoms with Gasteiger partial charge in [-0.2, -0.15) is 0 Å². The van der Waals surface area contributed by atoms with Gasteiger partial charge in [0, 0.05) is 10.6 Å². The van der Waals surface area contributed by atoms with Crippen molar-refractivity contribution in [2.75, 3.05) is 0 Å². The maximum absolute atomic E-state index is 9.64. The summed E-state index contributed by atoms with van der Waals surface area (Å²) in [5, 5.41) is 9.64. The number of aliphatic hydroxyl groups excluding tert-OH is 1. The van der Waals surface area contributed by atoms with Crippen molar-refractivity contribution < 1.29 is 5.11 Å². The zero-order valence-corrected chi connectivity index (χ0v) is 11.0. The molecule has 0 bridgehead atoms. The first-order valence-electron chi connectivity index (χ1n) is 6.28. The third-order valence-electron chi connectivity index (χ3n) is 3.34. The molecule has 1 N–H and O–H groups in total. The number of fused-ring (bicyclic) bond motifs is 1. The molecule has 0 radical (unpaired) electrons. The van der Waals surface area contributed by atoms with Crippen LogP contribution in [0.5, 0.6) is 0 Å². The Labute approximate surface area is 112 Å². The monoisotopic (exact) mass is 256 g/mol. The maximum atomic E-state index is 9.64. The van der Waals surface area contributed by atoms with E-state index in [1.165, 1.54) is 21.6 Å². The summed E-state index contributed by atoms with van der Waals surface area (Å²) in [4.78, 5) is 1.30. The molecule has 2 heteroatoms. The van der Waals surface area contributed by atoms with Crippen LogP contribution in [0.3, 0.4) is 0 Å². The molecule has 0 spiro atoms. The van der Waals surface area contributed by atoms with Crippen molar-refractivity contribution in [3.8, 4) is 0 Å². The summed E-state index contributed by atoms with van der Waals surface area (Å²) in [5.41, 5.74) is 3.98. The van der Waals surface area contributed by atoms with E-state index in [0.29, 0.717) is 0 Å². The quantitative estimate of drug-likeness (QED) is 0.849. The van der Waals surface area contributed by atoms with Crippen LogP contribution in [0, 0.1) is 0 Å². The van der Waals surface area contributed by atoms with Gasteiger partial charge in [0.15, 0.2) is 0 Å². The Morgan fingerprint density at radius 3 is 2.61 bits per heavy atom. The highest BCUT2D eigenvalue weighted by Gasteiger charge is 2.18. The second kappa shape index (κ2) is 5.17. The SMILES string of the molecule is OC1Cc2ccc(SCc3ccccc3)cc2C1. The lowest BCUT2D eigenvalue weighted by atomic mass is 10.1. The van der Waals surface area contributed by atoms with Crippen molar-refractivity contribution in [1.82, 2.24) is 0 Å². The van der Waals surface area contributed by atoms with Crippen LogP contribution in [0.15, 0.2) is 53.4 Å². The second-order valence-corrected chi connectivity index (χ2v) is 5.82. The van der Waals surface area contributed by atoms with Gasteiger partial charge in [0.25, 0.3) is 0 Å². The minimum atomic E-state index is -0.172. The van der Waals surface area contributed by atoms with Gasteiger partial charge in [-0.1, -0.05) is 36.4 Å². The fraction of sp³-hybridized carbons (Fsp3) is 0.250. The average molecular weight is 256 g/mol. The summed E-state index contributed by atoms with van der Waals surface area (Å²) in [6, 6.07) is 17.1. The van der Waals surface area contributed by atoms with E-state index in [2.05, 4.69) is 42.5 Å². The van der Waals surface area contributed by atoms with Gasteiger partial charge < -0.3 is 5.11 Å². The van der Waals surface area contributed by atoms with Crippen molar-refractivity contribution in [1.29, 1.82) is 0 Å². The van der Waals surface area contributed by atoms with Gasteiger partial charge in [-0.15, -0.1) is 11.8 Å². The van der Waals surface area contributed by atoms with Gasteiger partial charge in [-0.25, -0.2) is 0 Å². The van der Waals surface area contributed by atoms with Crippen molar-refractivity contribution in [3.63, 3.8) is 0 Å². The van der Waals surface area contributed by atoms with Crippen molar-refractivity contribution in [2.45, 2.75) is 29.6 Å². The molecule has 0 aromatic heterocycles. The van der Waals surface area contributed by atoms with Gasteiger partial charge in [0.05, 0.1) is 6.10 Å². The molecular weight excluding hydrogens is 240 g/mol. The van der Waals surface area contributed by atoms with Crippen LogP contribution in [-0.4, -0.2) is 11.2 Å². The molecule has 1 unspecified atom stereocenters. The summed E-state index contributed by atoms with van der Waals surface area (Å²) in [5.74, 6) is 1.00. The van der Waals surface area contributed by atoms with Crippen LogP contribution in [0.25, 0.3) is 0 Å². The number of aliphatic hydroxyl groups is 1. The molecule has 92 valence electrons.